The Morgan fingerprint density at radius 1 is 1.29 bits per heavy atom. The van der Waals surface area contributed by atoms with Gasteiger partial charge in [-0.25, -0.2) is 4.39 Å². The van der Waals surface area contributed by atoms with Crippen LogP contribution in [0.3, 0.4) is 0 Å². The maximum absolute atomic E-state index is 13.5. The molecule has 0 spiro atoms. The van der Waals surface area contributed by atoms with E-state index in [1.807, 2.05) is 0 Å². The molecule has 0 saturated carbocycles. The van der Waals surface area contributed by atoms with Gasteiger partial charge in [-0.05, 0) is 18.2 Å². The second-order valence-electron chi connectivity index (χ2n) is 3.39. The molecule has 0 atom stereocenters. The van der Waals surface area contributed by atoms with Gasteiger partial charge in [0.2, 0.25) is 0 Å². The number of pyridine rings is 1. The molecule has 0 aliphatic carbocycles. The van der Waals surface area contributed by atoms with Crippen molar-refractivity contribution in [2.75, 3.05) is 0 Å². The minimum atomic E-state index is -0.824. The standard InChI is InChI=1S/C12H8ClFN2O/c13-7-4-5-10(16-6-7)8-2-1-3-9(14)11(8)12(15)17/h1-6H,(H2,15,17). The Kier molecular flexibility index (Phi) is 3.06. The topological polar surface area (TPSA) is 56.0 Å². The van der Waals surface area contributed by atoms with Crippen molar-refractivity contribution in [1.82, 2.24) is 4.98 Å². The Bertz CT molecular complexity index is 569. The number of carbonyl (C=O) groups excluding carboxylic acids is 1. The van der Waals surface area contributed by atoms with E-state index in [2.05, 4.69) is 4.98 Å². The highest BCUT2D eigenvalue weighted by molar-refractivity contribution is 6.30. The lowest BCUT2D eigenvalue weighted by Crippen LogP contribution is -2.14. The summed E-state index contributed by atoms with van der Waals surface area (Å²) in [6, 6.07) is 7.47. The highest BCUT2D eigenvalue weighted by atomic mass is 35.5. The summed E-state index contributed by atoms with van der Waals surface area (Å²) in [7, 11) is 0. The highest BCUT2D eigenvalue weighted by Crippen LogP contribution is 2.24. The fourth-order valence-electron chi connectivity index (χ4n) is 1.52. The number of amides is 1. The predicted molar refractivity (Wildman–Crippen MR) is 63.2 cm³/mol. The summed E-state index contributed by atoms with van der Waals surface area (Å²) >= 11 is 5.70. The third kappa shape index (κ3) is 2.26. The van der Waals surface area contributed by atoms with Crippen molar-refractivity contribution in [2.45, 2.75) is 0 Å². The summed E-state index contributed by atoms with van der Waals surface area (Å²) in [5.41, 5.74) is 5.79. The Morgan fingerprint density at radius 3 is 2.65 bits per heavy atom. The summed E-state index contributed by atoms with van der Waals surface area (Å²) in [6.07, 6.45) is 1.42. The van der Waals surface area contributed by atoms with Crippen molar-refractivity contribution in [3.63, 3.8) is 0 Å². The minimum absolute atomic E-state index is 0.165. The molecule has 0 bridgehead atoms. The molecule has 0 fully saturated rings. The number of benzene rings is 1. The van der Waals surface area contributed by atoms with E-state index in [4.69, 9.17) is 17.3 Å². The predicted octanol–water partition coefficient (Wildman–Crippen LogP) is 2.64. The number of carbonyl (C=O) groups is 1. The summed E-state index contributed by atoms with van der Waals surface area (Å²) in [4.78, 5) is 15.2. The Labute approximate surface area is 102 Å². The fraction of sp³-hybridized carbons (Fsp3) is 0. The molecular weight excluding hydrogens is 243 g/mol. The van der Waals surface area contributed by atoms with E-state index in [9.17, 15) is 9.18 Å². The fourth-order valence-corrected chi connectivity index (χ4v) is 1.63. The van der Waals surface area contributed by atoms with Crippen LogP contribution in [0, 0.1) is 5.82 Å². The van der Waals surface area contributed by atoms with Crippen molar-refractivity contribution in [3.8, 4) is 11.3 Å². The number of rotatable bonds is 2. The van der Waals surface area contributed by atoms with Gasteiger partial charge in [-0.2, -0.15) is 0 Å². The largest absolute Gasteiger partial charge is 0.365 e. The number of aromatic nitrogens is 1. The number of nitrogens with two attached hydrogens (primary N) is 1. The lowest BCUT2D eigenvalue weighted by Gasteiger charge is -2.06. The first-order chi connectivity index (χ1) is 8.09. The monoisotopic (exact) mass is 250 g/mol. The van der Waals surface area contributed by atoms with Gasteiger partial charge < -0.3 is 5.73 Å². The zero-order valence-corrected chi connectivity index (χ0v) is 9.41. The average Bonchev–Trinajstić information content (AvgIpc) is 2.29. The van der Waals surface area contributed by atoms with Crippen molar-refractivity contribution in [3.05, 3.63) is 52.9 Å². The van der Waals surface area contributed by atoms with Crippen LogP contribution in [-0.4, -0.2) is 10.9 Å². The number of halogens is 2. The van der Waals surface area contributed by atoms with E-state index in [0.717, 1.165) is 0 Å². The van der Waals surface area contributed by atoms with Crippen LogP contribution in [0.15, 0.2) is 36.5 Å². The molecule has 1 heterocycles. The maximum atomic E-state index is 13.5. The third-order valence-corrected chi connectivity index (χ3v) is 2.49. The third-order valence-electron chi connectivity index (χ3n) is 2.26. The minimum Gasteiger partial charge on any atom is -0.365 e. The number of primary amides is 1. The van der Waals surface area contributed by atoms with Gasteiger partial charge in [0, 0.05) is 11.8 Å². The van der Waals surface area contributed by atoms with E-state index in [-0.39, 0.29) is 5.56 Å². The number of hydrogen-bond donors (Lipinski definition) is 1. The molecule has 2 N–H and O–H groups in total. The molecule has 0 unspecified atom stereocenters. The molecule has 0 radical (unpaired) electrons. The van der Waals surface area contributed by atoms with Crippen LogP contribution in [0.2, 0.25) is 5.02 Å². The zero-order valence-electron chi connectivity index (χ0n) is 8.65. The van der Waals surface area contributed by atoms with Gasteiger partial charge in [0.15, 0.2) is 0 Å². The molecule has 1 aromatic carbocycles. The smallest absolute Gasteiger partial charge is 0.252 e. The first kappa shape index (κ1) is 11.5. The van der Waals surface area contributed by atoms with E-state index < -0.39 is 11.7 Å². The molecule has 1 amide bonds. The molecule has 0 aliphatic heterocycles. The molecule has 3 nitrogen and oxygen atoms in total. The lowest BCUT2D eigenvalue weighted by atomic mass is 10.0. The van der Waals surface area contributed by atoms with Crippen LogP contribution in [0.5, 0.6) is 0 Å². The van der Waals surface area contributed by atoms with Gasteiger partial charge in [-0.3, -0.25) is 9.78 Å². The van der Waals surface area contributed by atoms with Gasteiger partial charge in [-0.15, -0.1) is 0 Å². The molecule has 1 aromatic heterocycles. The lowest BCUT2D eigenvalue weighted by molar-refractivity contribution is 0.0997. The molecule has 0 aliphatic rings. The molecule has 0 saturated heterocycles. The molecular formula is C12H8ClFN2O. The van der Waals surface area contributed by atoms with Crippen LogP contribution in [0.4, 0.5) is 4.39 Å². The Hall–Kier alpha value is -1.94. The van der Waals surface area contributed by atoms with Gasteiger partial charge in [0.1, 0.15) is 5.82 Å². The first-order valence-corrected chi connectivity index (χ1v) is 5.17. The second-order valence-corrected chi connectivity index (χ2v) is 3.82. The normalized spacial score (nSPS) is 10.2. The van der Waals surface area contributed by atoms with Crippen LogP contribution >= 0.6 is 11.6 Å². The highest BCUT2D eigenvalue weighted by Gasteiger charge is 2.15. The van der Waals surface area contributed by atoms with Crippen molar-refractivity contribution >= 4 is 17.5 Å². The van der Waals surface area contributed by atoms with Crippen LogP contribution in [0.1, 0.15) is 10.4 Å². The average molecular weight is 251 g/mol. The molecule has 2 aromatic rings. The number of hydrogen-bond acceptors (Lipinski definition) is 2. The summed E-state index contributed by atoms with van der Waals surface area (Å²) < 4.78 is 13.5. The Balaban J connectivity index is 2.63. The van der Waals surface area contributed by atoms with E-state index in [1.165, 1.54) is 18.3 Å². The quantitative estimate of drug-likeness (QED) is 0.891. The zero-order chi connectivity index (χ0) is 12.4. The van der Waals surface area contributed by atoms with E-state index in [0.29, 0.717) is 16.3 Å². The molecule has 5 heteroatoms. The van der Waals surface area contributed by atoms with E-state index >= 15 is 0 Å². The van der Waals surface area contributed by atoms with Crippen LogP contribution in [0.25, 0.3) is 11.3 Å². The number of nitrogens with zero attached hydrogens (tertiary/aromatic N) is 1. The summed E-state index contributed by atoms with van der Waals surface area (Å²) in [5.74, 6) is -1.48. The van der Waals surface area contributed by atoms with Crippen LogP contribution in [-0.2, 0) is 0 Å². The summed E-state index contributed by atoms with van der Waals surface area (Å²) in [6.45, 7) is 0. The van der Waals surface area contributed by atoms with Crippen molar-refractivity contribution in [2.24, 2.45) is 5.73 Å². The summed E-state index contributed by atoms with van der Waals surface area (Å²) in [5, 5.41) is 0.464. The van der Waals surface area contributed by atoms with Gasteiger partial charge in [0.25, 0.3) is 5.91 Å². The van der Waals surface area contributed by atoms with Gasteiger partial charge in [-0.1, -0.05) is 23.7 Å². The van der Waals surface area contributed by atoms with E-state index in [1.54, 1.807) is 18.2 Å². The van der Waals surface area contributed by atoms with Crippen molar-refractivity contribution in [1.29, 1.82) is 0 Å². The molecule has 2 rings (SSSR count). The van der Waals surface area contributed by atoms with Gasteiger partial charge >= 0.3 is 0 Å². The second kappa shape index (κ2) is 4.51. The molecule has 86 valence electrons. The molecule has 17 heavy (non-hydrogen) atoms. The van der Waals surface area contributed by atoms with Gasteiger partial charge in [0.05, 0.1) is 16.3 Å². The van der Waals surface area contributed by atoms with Crippen LogP contribution < -0.4 is 5.73 Å². The van der Waals surface area contributed by atoms with Crippen molar-refractivity contribution < 1.29 is 9.18 Å². The Morgan fingerprint density at radius 2 is 2.06 bits per heavy atom. The maximum Gasteiger partial charge on any atom is 0.252 e. The first-order valence-electron chi connectivity index (χ1n) is 4.80. The SMILES string of the molecule is NC(=O)c1c(F)cccc1-c1ccc(Cl)cn1.